The maximum Gasteiger partial charge on any atom is 0.238 e. The summed E-state index contributed by atoms with van der Waals surface area (Å²) in [6.07, 6.45) is 4.03. The van der Waals surface area contributed by atoms with Crippen LogP contribution in [0.5, 0.6) is 0 Å². The molecule has 2 heterocycles. The van der Waals surface area contributed by atoms with Gasteiger partial charge in [-0.2, -0.15) is 0 Å². The second-order valence-electron chi connectivity index (χ2n) is 6.62. The number of hydrogen-bond donors (Lipinski definition) is 1. The first-order valence-corrected chi connectivity index (χ1v) is 8.78. The number of rotatable bonds is 5. The van der Waals surface area contributed by atoms with E-state index >= 15 is 0 Å². The third-order valence-electron chi connectivity index (χ3n) is 4.65. The highest BCUT2D eigenvalue weighted by molar-refractivity contribution is 6.31. The third-order valence-corrected chi connectivity index (χ3v) is 4.89. The Morgan fingerprint density at radius 1 is 1.24 bits per heavy atom. The minimum atomic E-state index is -0.121. The zero-order chi connectivity index (χ0) is 16.7. The molecule has 5 nitrogen and oxygen atoms in total. The van der Waals surface area contributed by atoms with E-state index in [-0.39, 0.29) is 35.8 Å². The van der Waals surface area contributed by atoms with Crippen molar-refractivity contribution in [3.63, 3.8) is 0 Å². The van der Waals surface area contributed by atoms with Gasteiger partial charge in [-0.1, -0.05) is 11.6 Å². The number of benzene rings is 1. The van der Waals surface area contributed by atoms with Crippen LogP contribution in [0.3, 0.4) is 0 Å². The number of nitrogens with one attached hydrogen (secondary N) is 1. The number of halogens is 2. The van der Waals surface area contributed by atoms with Gasteiger partial charge in [-0.05, 0) is 57.0 Å². The largest absolute Gasteiger partial charge is 0.451 e. The van der Waals surface area contributed by atoms with Crippen molar-refractivity contribution >= 4 is 52.4 Å². The predicted octanol–water partition coefficient (Wildman–Crippen LogP) is 4.14. The van der Waals surface area contributed by atoms with E-state index in [0.717, 1.165) is 38.8 Å². The lowest BCUT2D eigenvalue weighted by atomic mass is 10.1. The normalized spacial score (nSPS) is 17.5. The van der Waals surface area contributed by atoms with E-state index in [2.05, 4.69) is 10.2 Å². The summed E-state index contributed by atoms with van der Waals surface area (Å²) in [5, 5.41) is 4.12. The van der Waals surface area contributed by atoms with Crippen molar-refractivity contribution in [3.8, 4) is 0 Å². The number of Topliss-reactive ketones (excluding diaryl/α,β-unsaturated/α-hetero) is 1. The predicted molar refractivity (Wildman–Crippen MR) is 99.8 cm³/mol. The second-order valence-corrected chi connectivity index (χ2v) is 7.05. The Morgan fingerprint density at radius 3 is 2.64 bits per heavy atom. The number of likely N-dealkylation sites (tertiary alicyclic amines) is 1. The van der Waals surface area contributed by atoms with Crippen LogP contribution in [-0.4, -0.2) is 36.2 Å². The molecule has 2 fully saturated rings. The smallest absolute Gasteiger partial charge is 0.238 e. The molecule has 1 aromatic carbocycles. The highest BCUT2D eigenvalue weighted by atomic mass is 35.5. The molecule has 1 amide bonds. The number of carbonyl (C=O) groups is 2. The number of furan rings is 1. The summed E-state index contributed by atoms with van der Waals surface area (Å²) in [7, 11) is 0. The van der Waals surface area contributed by atoms with E-state index in [4.69, 9.17) is 16.0 Å². The van der Waals surface area contributed by atoms with Gasteiger partial charge in [-0.3, -0.25) is 14.5 Å². The number of anilines is 1. The lowest BCUT2D eigenvalue weighted by molar-refractivity contribution is -0.117. The van der Waals surface area contributed by atoms with Gasteiger partial charge in [0.05, 0.1) is 12.2 Å². The average molecular weight is 383 g/mol. The van der Waals surface area contributed by atoms with Crippen molar-refractivity contribution in [2.24, 2.45) is 5.92 Å². The third kappa shape index (κ3) is 3.84. The topological polar surface area (TPSA) is 62.6 Å². The standard InChI is InChI=1S/C18H19ClN2O3.ClH/c19-12-5-6-14-13(9-12)16(18(24-14)17(23)11-3-4-11)20-15(22)10-21-7-1-2-8-21;/h5-6,9,11H,1-4,7-8,10H2,(H,20,22);1H. The summed E-state index contributed by atoms with van der Waals surface area (Å²) in [4.78, 5) is 27.1. The van der Waals surface area contributed by atoms with Crippen LogP contribution >= 0.6 is 24.0 Å². The van der Waals surface area contributed by atoms with Gasteiger partial charge in [0.1, 0.15) is 5.58 Å². The van der Waals surface area contributed by atoms with Crippen molar-refractivity contribution < 1.29 is 14.0 Å². The first kappa shape index (κ1) is 18.2. The van der Waals surface area contributed by atoms with Gasteiger partial charge < -0.3 is 9.73 Å². The lowest BCUT2D eigenvalue weighted by Crippen LogP contribution is -2.31. The van der Waals surface area contributed by atoms with Gasteiger partial charge in [0.15, 0.2) is 5.76 Å². The molecule has 0 spiro atoms. The van der Waals surface area contributed by atoms with E-state index in [9.17, 15) is 9.59 Å². The quantitative estimate of drug-likeness (QED) is 0.789. The number of amides is 1. The highest BCUT2D eigenvalue weighted by Gasteiger charge is 2.35. The molecule has 7 heteroatoms. The van der Waals surface area contributed by atoms with Crippen LogP contribution in [0.15, 0.2) is 22.6 Å². The van der Waals surface area contributed by atoms with Crippen molar-refractivity contribution in [1.82, 2.24) is 4.90 Å². The molecule has 25 heavy (non-hydrogen) atoms. The molecule has 1 aliphatic carbocycles. The zero-order valence-corrected chi connectivity index (χ0v) is 15.3. The Bertz CT molecular complexity index is 808. The second kappa shape index (κ2) is 7.36. The summed E-state index contributed by atoms with van der Waals surface area (Å²) in [6, 6.07) is 5.18. The molecule has 1 saturated heterocycles. The van der Waals surface area contributed by atoms with Crippen LogP contribution in [0.4, 0.5) is 5.69 Å². The van der Waals surface area contributed by atoms with Crippen molar-refractivity contribution in [3.05, 3.63) is 29.0 Å². The first-order chi connectivity index (χ1) is 11.6. The summed E-state index contributed by atoms with van der Waals surface area (Å²) < 4.78 is 5.75. The fourth-order valence-electron chi connectivity index (χ4n) is 3.22. The van der Waals surface area contributed by atoms with Crippen LogP contribution < -0.4 is 5.32 Å². The fourth-order valence-corrected chi connectivity index (χ4v) is 3.39. The van der Waals surface area contributed by atoms with E-state index < -0.39 is 0 Å². The Morgan fingerprint density at radius 2 is 1.96 bits per heavy atom. The summed E-state index contributed by atoms with van der Waals surface area (Å²) in [5.41, 5.74) is 1.04. The number of fused-ring (bicyclic) bond motifs is 1. The van der Waals surface area contributed by atoms with Gasteiger partial charge in [0.25, 0.3) is 0 Å². The Hall–Kier alpha value is -1.56. The number of carbonyl (C=O) groups excluding carboxylic acids is 2. The molecular weight excluding hydrogens is 363 g/mol. The van der Waals surface area contributed by atoms with E-state index in [1.807, 2.05) is 0 Å². The van der Waals surface area contributed by atoms with Crippen molar-refractivity contribution in [1.29, 1.82) is 0 Å². The molecular formula is C18H20Cl2N2O3. The van der Waals surface area contributed by atoms with Crippen LogP contribution in [0.2, 0.25) is 5.02 Å². The molecule has 1 aromatic heterocycles. The van der Waals surface area contributed by atoms with Gasteiger partial charge in [-0.15, -0.1) is 12.4 Å². The van der Waals surface area contributed by atoms with Gasteiger partial charge in [0, 0.05) is 16.3 Å². The molecule has 0 radical (unpaired) electrons. The van der Waals surface area contributed by atoms with E-state index in [1.165, 1.54) is 0 Å². The number of nitrogens with zero attached hydrogens (tertiary/aromatic N) is 1. The molecule has 1 aliphatic heterocycles. The molecule has 0 atom stereocenters. The number of hydrogen-bond acceptors (Lipinski definition) is 4. The monoisotopic (exact) mass is 382 g/mol. The molecule has 4 rings (SSSR count). The van der Waals surface area contributed by atoms with E-state index in [0.29, 0.717) is 28.2 Å². The van der Waals surface area contributed by atoms with Gasteiger partial charge >= 0.3 is 0 Å². The maximum absolute atomic E-state index is 12.5. The average Bonchev–Trinajstić information content (AvgIpc) is 3.19. The molecule has 2 aromatic rings. The summed E-state index contributed by atoms with van der Waals surface area (Å²) in [5.74, 6) is 0.128. The first-order valence-electron chi connectivity index (χ1n) is 8.40. The van der Waals surface area contributed by atoms with E-state index in [1.54, 1.807) is 18.2 Å². The minimum absolute atomic E-state index is 0. The number of ketones is 1. The maximum atomic E-state index is 12.5. The van der Waals surface area contributed by atoms with Crippen molar-refractivity contribution in [2.45, 2.75) is 25.7 Å². The lowest BCUT2D eigenvalue weighted by Gasteiger charge is -2.14. The SMILES string of the molecule is Cl.O=C(CN1CCCC1)Nc1c(C(=O)C2CC2)oc2ccc(Cl)cc12. The van der Waals surface area contributed by atoms with Crippen LogP contribution in [0, 0.1) is 5.92 Å². The zero-order valence-electron chi connectivity index (χ0n) is 13.7. The van der Waals surface area contributed by atoms with Crippen LogP contribution in [0.1, 0.15) is 36.2 Å². The van der Waals surface area contributed by atoms with Crippen LogP contribution in [-0.2, 0) is 4.79 Å². The summed E-state index contributed by atoms with van der Waals surface area (Å²) in [6.45, 7) is 2.22. The fraction of sp³-hybridized carbons (Fsp3) is 0.444. The Labute approximate surface area is 157 Å². The minimum Gasteiger partial charge on any atom is -0.451 e. The van der Waals surface area contributed by atoms with Crippen LogP contribution in [0.25, 0.3) is 11.0 Å². The molecule has 1 N–H and O–H groups in total. The van der Waals surface area contributed by atoms with Gasteiger partial charge in [0.2, 0.25) is 11.7 Å². The molecule has 134 valence electrons. The summed E-state index contributed by atoms with van der Waals surface area (Å²) >= 11 is 6.08. The van der Waals surface area contributed by atoms with Crippen molar-refractivity contribution in [2.75, 3.05) is 25.0 Å². The highest BCUT2D eigenvalue weighted by Crippen LogP contribution is 2.39. The molecule has 1 saturated carbocycles. The van der Waals surface area contributed by atoms with Gasteiger partial charge in [-0.25, -0.2) is 0 Å². The molecule has 0 bridgehead atoms. The Balaban J connectivity index is 0.00000182. The molecule has 0 unspecified atom stereocenters. The molecule has 2 aliphatic rings. The Kier molecular flexibility index (Phi) is 5.37.